The van der Waals surface area contributed by atoms with E-state index in [1.807, 2.05) is 30.3 Å². The van der Waals surface area contributed by atoms with Crippen LogP contribution in [0.5, 0.6) is 0 Å². The molecule has 0 aliphatic heterocycles. The molecule has 2 heterocycles. The Hall–Kier alpha value is -2.94. The Balaban J connectivity index is 1.85. The zero-order chi connectivity index (χ0) is 20.3. The Kier molecular flexibility index (Phi) is 5.64. The van der Waals surface area contributed by atoms with E-state index in [9.17, 15) is 18.0 Å². The molecular formula is C19H19F3N4O2. The molecule has 1 aromatic carbocycles. The predicted octanol–water partition coefficient (Wildman–Crippen LogP) is 3.25. The number of alkyl halides is 3. The number of benzene rings is 1. The second-order valence-corrected chi connectivity index (χ2v) is 6.25. The van der Waals surface area contributed by atoms with Gasteiger partial charge in [-0.25, -0.2) is 4.98 Å². The summed E-state index contributed by atoms with van der Waals surface area (Å²) in [6.07, 6.45) is -4.39. The molecule has 0 saturated carbocycles. The Labute approximate surface area is 159 Å². The number of rotatable bonds is 6. The molecule has 9 heteroatoms. The molecular weight excluding hydrogens is 373 g/mol. The molecule has 148 valence electrons. The number of fused-ring (bicyclic) bond motifs is 1. The lowest BCUT2D eigenvalue weighted by molar-refractivity contribution is -0.173. The van der Waals surface area contributed by atoms with Crippen LogP contribution in [0.3, 0.4) is 0 Å². The molecule has 0 saturated heterocycles. The second-order valence-electron chi connectivity index (χ2n) is 6.25. The Morgan fingerprint density at radius 1 is 1.25 bits per heavy atom. The van der Waals surface area contributed by atoms with Gasteiger partial charge in [-0.05, 0) is 13.0 Å². The smallest absolute Gasteiger partial charge is 0.370 e. The molecule has 3 aromatic rings. The monoisotopic (exact) mass is 392 g/mol. The van der Waals surface area contributed by atoms with Crippen molar-refractivity contribution >= 4 is 16.9 Å². The van der Waals surface area contributed by atoms with Crippen molar-refractivity contribution in [2.24, 2.45) is 7.05 Å². The number of amides is 1. The first kappa shape index (κ1) is 19.8. The van der Waals surface area contributed by atoms with Crippen LogP contribution < -0.4 is 5.32 Å². The molecule has 0 bridgehead atoms. The second kappa shape index (κ2) is 7.97. The summed E-state index contributed by atoms with van der Waals surface area (Å²) in [5, 5.41) is 7.53. The molecule has 6 nitrogen and oxygen atoms in total. The Morgan fingerprint density at radius 3 is 2.64 bits per heavy atom. The van der Waals surface area contributed by atoms with Gasteiger partial charge >= 0.3 is 6.18 Å². The molecule has 0 aliphatic rings. The van der Waals surface area contributed by atoms with Crippen molar-refractivity contribution in [3.8, 4) is 11.3 Å². The first-order valence-electron chi connectivity index (χ1n) is 8.59. The first-order chi connectivity index (χ1) is 13.3. The van der Waals surface area contributed by atoms with Gasteiger partial charge in [0.25, 0.3) is 5.91 Å². The van der Waals surface area contributed by atoms with E-state index in [4.69, 9.17) is 0 Å². The summed E-state index contributed by atoms with van der Waals surface area (Å²) in [4.78, 5) is 17.3. The number of carbonyl (C=O) groups is 1. The average molecular weight is 392 g/mol. The van der Waals surface area contributed by atoms with Crippen LogP contribution in [0.4, 0.5) is 13.2 Å². The van der Waals surface area contributed by atoms with Crippen LogP contribution in [0.25, 0.3) is 22.3 Å². The standard InChI is InChI=1S/C19H19F3N4O2/c1-12-16-14(18(27)23-8-9-28-11-19(20,21)22)10-15(13-6-4-3-5-7-13)24-17(16)26(2)25-12/h3-7,10H,8-9,11H2,1-2H3,(H,23,27). The maximum atomic E-state index is 12.7. The molecule has 0 fully saturated rings. The van der Waals surface area contributed by atoms with Gasteiger partial charge in [0.15, 0.2) is 5.65 Å². The lowest BCUT2D eigenvalue weighted by atomic mass is 10.0. The first-order valence-corrected chi connectivity index (χ1v) is 8.59. The average Bonchev–Trinajstić information content (AvgIpc) is 2.94. The predicted molar refractivity (Wildman–Crippen MR) is 97.9 cm³/mol. The summed E-state index contributed by atoms with van der Waals surface area (Å²) in [5.74, 6) is -0.420. The third-order valence-corrected chi connectivity index (χ3v) is 4.08. The molecule has 28 heavy (non-hydrogen) atoms. The van der Waals surface area contributed by atoms with E-state index in [1.165, 1.54) is 0 Å². The SMILES string of the molecule is Cc1nn(C)c2nc(-c3ccccc3)cc(C(=O)NCCOCC(F)(F)F)c12. The summed E-state index contributed by atoms with van der Waals surface area (Å²) in [6.45, 7) is 0.146. The fraction of sp³-hybridized carbons (Fsp3) is 0.316. The molecule has 1 N–H and O–H groups in total. The minimum absolute atomic E-state index is 0.0429. The number of aryl methyl sites for hydroxylation is 2. The number of hydrogen-bond donors (Lipinski definition) is 1. The zero-order valence-corrected chi connectivity index (χ0v) is 15.4. The number of nitrogens with one attached hydrogen (secondary N) is 1. The molecule has 0 radical (unpaired) electrons. The minimum atomic E-state index is -4.39. The van der Waals surface area contributed by atoms with Gasteiger partial charge in [-0.1, -0.05) is 30.3 Å². The van der Waals surface area contributed by atoms with E-state index in [-0.39, 0.29) is 13.2 Å². The Morgan fingerprint density at radius 2 is 1.96 bits per heavy atom. The maximum Gasteiger partial charge on any atom is 0.411 e. The number of hydrogen-bond acceptors (Lipinski definition) is 4. The maximum absolute atomic E-state index is 12.7. The van der Waals surface area contributed by atoms with E-state index >= 15 is 0 Å². The molecule has 0 atom stereocenters. The van der Waals surface area contributed by atoms with E-state index in [0.29, 0.717) is 28.0 Å². The highest BCUT2D eigenvalue weighted by molar-refractivity contribution is 6.07. The van der Waals surface area contributed by atoms with Crippen molar-refractivity contribution in [1.29, 1.82) is 0 Å². The number of nitrogens with zero attached hydrogens (tertiary/aromatic N) is 3. The summed E-state index contributed by atoms with van der Waals surface area (Å²) in [5.41, 5.74) is 3.01. The largest absolute Gasteiger partial charge is 0.411 e. The molecule has 3 rings (SSSR count). The molecule has 2 aromatic heterocycles. The van der Waals surface area contributed by atoms with Gasteiger partial charge in [0.1, 0.15) is 6.61 Å². The van der Waals surface area contributed by atoms with Gasteiger partial charge in [-0.15, -0.1) is 0 Å². The summed E-state index contributed by atoms with van der Waals surface area (Å²) >= 11 is 0. The zero-order valence-electron chi connectivity index (χ0n) is 15.4. The fourth-order valence-electron chi connectivity index (χ4n) is 2.90. The van der Waals surface area contributed by atoms with Gasteiger partial charge in [-0.2, -0.15) is 18.3 Å². The molecule has 0 unspecified atom stereocenters. The van der Waals surface area contributed by atoms with Crippen molar-refractivity contribution in [1.82, 2.24) is 20.1 Å². The van der Waals surface area contributed by atoms with Gasteiger partial charge in [-0.3, -0.25) is 9.48 Å². The summed E-state index contributed by atoms with van der Waals surface area (Å²) in [6, 6.07) is 11.0. The van der Waals surface area contributed by atoms with Crippen LogP contribution >= 0.6 is 0 Å². The highest BCUT2D eigenvalue weighted by Crippen LogP contribution is 2.26. The fourth-order valence-corrected chi connectivity index (χ4v) is 2.90. The van der Waals surface area contributed by atoms with Gasteiger partial charge in [0.05, 0.1) is 28.9 Å². The van der Waals surface area contributed by atoms with E-state index < -0.39 is 18.7 Å². The Bertz CT molecular complexity index is 984. The molecule has 0 spiro atoms. The number of halogens is 3. The third-order valence-electron chi connectivity index (χ3n) is 4.08. The quantitative estimate of drug-likeness (QED) is 0.654. The van der Waals surface area contributed by atoms with Crippen LogP contribution in [0.15, 0.2) is 36.4 Å². The molecule has 1 amide bonds. The van der Waals surface area contributed by atoms with Crippen LogP contribution in [0, 0.1) is 6.92 Å². The van der Waals surface area contributed by atoms with Crippen LogP contribution in [0.1, 0.15) is 16.1 Å². The highest BCUT2D eigenvalue weighted by Gasteiger charge is 2.27. The van der Waals surface area contributed by atoms with E-state index in [0.717, 1.165) is 5.56 Å². The number of pyridine rings is 1. The van der Waals surface area contributed by atoms with Crippen molar-refractivity contribution < 1.29 is 22.7 Å². The summed E-state index contributed by atoms with van der Waals surface area (Å²) < 4.78 is 42.4. The number of aromatic nitrogens is 3. The lowest BCUT2D eigenvalue weighted by Gasteiger charge is -2.10. The normalized spacial score (nSPS) is 11.8. The summed E-state index contributed by atoms with van der Waals surface area (Å²) in [7, 11) is 1.74. The van der Waals surface area contributed by atoms with Gasteiger partial charge < -0.3 is 10.1 Å². The topological polar surface area (TPSA) is 69.0 Å². The lowest BCUT2D eigenvalue weighted by Crippen LogP contribution is -2.29. The number of carbonyl (C=O) groups excluding carboxylic acids is 1. The number of ether oxygens (including phenoxy) is 1. The van der Waals surface area contributed by atoms with Crippen molar-refractivity contribution in [3.05, 3.63) is 47.7 Å². The van der Waals surface area contributed by atoms with Gasteiger partial charge in [0, 0.05) is 19.2 Å². The van der Waals surface area contributed by atoms with Crippen molar-refractivity contribution in [3.63, 3.8) is 0 Å². The van der Waals surface area contributed by atoms with Crippen LogP contribution in [-0.4, -0.2) is 46.6 Å². The van der Waals surface area contributed by atoms with Gasteiger partial charge in [0.2, 0.25) is 0 Å². The third kappa shape index (κ3) is 4.48. The van der Waals surface area contributed by atoms with Crippen molar-refractivity contribution in [2.75, 3.05) is 19.8 Å². The van der Waals surface area contributed by atoms with Crippen molar-refractivity contribution in [2.45, 2.75) is 13.1 Å². The highest BCUT2D eigenvalue weighted by atomic mass is 19.4. The van der Waals surface area contributed by atoms with Crippen LogP contribution in [0.2, 0.25) is 0 Å². The van der Waals surface area contributed by atoms with E-state index in [1.54, 1.807) is 24.7 Å². The van der Waals surface area contributed by atoms with Crippen LogP contribution in [-0.2, 0) is 11.8 Å². The van der Waals surface area contributed by atoms with E-state index in [2.05, 4.69) is 20.1 Å². The molecule has 0 aliphatic carbocycles. The minimum Gasteiger partial charge on any atom is -0.370 e.